The minimum atomic E-state index is -0.266. The smallest absolute Gasteiger partial charge is 0.241 e. The lowest BCUT2D eigenvalue weighted by molar-refractivity contribution is -0.118. The quantitative estimate of drug-likeness (QED) is 0.816. The molecular weight excluding hydrogens is 359 g/mol. The molecule has 1 atom stereocenters. The third kappa shape index (κ3) is 4.66. The fourth-order valence-corrected chi connectivity index (χ4v) is 3.05. The first kappa shape index (κ1) is 19.6. The Morgan fingerprint density at radius 3 is 2.76 bits per heavy atom. The molecule has 0 bridgehead atoms. The summed E-state index contributed by atoms with van der Waals surface area (Å²) >= 11 is 6.21. The van der Waals surface area contributed by atoms with Crippen LogP contribution in [0.3, 0.4) is 0 Å². The van der Waals surface area contributed by atoms with E-state index < -0.39 is 0 Å². The summed E-state index contributed by atoms with van der Waals surface area (Å²) in [5, 5.41) is 6.74. The Labute approximate surface area is 159 Å². The highest BCUT2D eigenvalue weighted by Crippen LogP contribution is 2.33. The highest BCUT2D eigenvalue weighted by molar-refractivity contribution is 6.32. The van der Waals surface area contributed by atoms with Crippen LogP contribution in [0.1, 0.15) is 24.5 Å². The maximum Gasteiger partial charge on any atom is 0.241 e. The Morgan fingerprint density at radius 2 is 2.00 bits per heavy atom. The lowest BCUT2D eigenvalue weighted by atomic mass is 9.95. The van der Waals surface area contributed by atoms with Gasteiger partial charge in [-0.2, -0.15) is 0 Å². The number of hydrogen-bond donors (Lipinski definition) is 2. The van der Waals surface area contributed by atoms with E-state index in [0.29, 0.717) is 36.0 Å². The van der Waals surface area contributed by atoms with Gasteiger partial charge in [0.25, 0.3) is 0 Å². The van der Waals surface area contributed by atoms with Crippen LogP contribution in [-0.2, 0) is 17.8 Å². The third-order valence-corrected chi connectivity index (χ3v) is 4.37. The summed E-state index contributed by atoms with van der Waals surface area (Å²) in [4.78, 5) is 12.6. The molecule has 134 valence electrons. The summed E-state index contributed by atoms with van der Waals surface area (Å²) in [6.07, 6.45) is 1.55. The predicted molar refractivity (Wildman–Crippen MR) is 104 cm³/mol. The van der Waals surface area contributed by atoms with Crippen molar-refractivity contribution in [1.29, 1.82) is 0 Å². The number of para-hydroxylation sites is 1. The molecule has 6 heteroatoms. The summed E-state index contributed by atoms with van der Waals surface area (Å²) in [5.74, 6) is 0.457. The molecule has 25 heavy (non-hydrogen) atoms. The number of hydrogen-bond acceptors (Lipinski definition) is 3. The van der Waals surface area contributed by atoms with Gasteiger partial charge in [0, 0.05) is 6.54 Å². The number of ether oxygens (including phenoxy) is 1. The van der Waals surface area contributed by atoms with Crippen molar-refractivity contribution in [2.24, 2.45) is 0 Å². The Kier molecular flexibility index (Phi) is 7.12. The van der Waals surface area contributed by atoms with Crippen LogP contribution in [0.25, 0.3) is 0 Å². The zero-order valence-electron chi connectivity index (χ0n) is 14.0. The van der Waals surface area contributed by atoms with Crippen LogP contribution < -0.4 is 15.4 Å². The third-order valence-electron chi connectivity index (χ3n) is 4.07. The van der Waals surface area contributed by atoms with Gasteiger partial charge in [0.15, 0.2) is 5.75 Å². The van der Waals surface area contributed by atoms with E-state index in [0.717, 1.165) is 6.42 Å². The normalized spacial score (nSPS) is 15.7. The van der Waals surface area contributed by atoms with Crippen molar-refractivity contribution in [2.45, 2.75) is 32.4 Å². The van der Waals surface area contributed by atoms with Crippen molar-refractivity contribution in [3.05, 3.63) is 58.6 Å². The maximum absolute atomic E-state index is 12.6. The molecule has 0 radical (unpaired) electrons. The van der Waals surface area contributed by atoms with Crippen LogP contribution in [0.4, 0.5) is 5.69 Å². The van der Waals surface area contributed by atoms with Crippen LogP contribution in [0.15, 0.2) is 42.5 Å². The number of anilines is 1. The SMILES string of the molecule is CCCOc1c(Cl)cccc1NC(=O)[C@H]1Cc2ccccc2CN1.Cl. The van der Waals surface area contributed by atoms with E-state index in [1.807, 2.05) is 25.1 Å². The van der Waals surface area contributed by atoms with Gasteiger partial charge in [0.1, 0.15) is 0 Å². The highest BCUT2D eigenvalue weighted by atomic mass is 35.5. The van der Waals surface area contributed by atoms with E-state index in [1.165, 1.54) is 11.1 Å². The first-order chi connectivity index (χ1) is 11.7. The molecule has 0 saturated carbocycles. The summed E-state index contributed by atoms with van der Waals surface area (Å²) in [6, 6.07) is 13.3. The van der Waals surface area contributed by atoms with Crippen molar-refractivity contribution in [2.75, 3.05) is 11.9 Å². The number of benzene rings is 2. The van der Waals surface area contributed by atoms with Gasteiger partial charge in [-0.3, -0.25) is 4.79 Å². The Balaban J connectivity index is 0.00000225. The lowest BCUT2D eigenvalue weighted by Crippen LogP contribution is -2.44. The van der Waals surface area contributed by atoms with Crippen molar-refractivity contribution in [3.63, 3.8) is 0 Å². The topological polar surface area (TPSA) is 50.4 Å². The van der Waals surface area contributed by atoms with E-state index in [9.17, 15) is 4.79 Å². The molecular formula is C19H22Cl2N2O2. The molecule has 2 N–H and O–H groups in total. The lowest BCUT2D eigenvalue weighted by Gasteiger charge is -2.25. The minimum absolute atomic E-state index is 0. The molecule has 1 heterocycles. The standard InChI is InChI=1S/C19H21ClN2O2.ClH/c1-2-10-24-18-15(20)8-5-9-16(18)22-19(23)17-11-13-6-3-4-7-14(13)12-21-17;/h3-9,17,21H,2,10-12H2,1H3,(H,22,23);1H/t17-;/m1./s1. The fourth-order valence-electron chi connectivity index (χ4n) is 2.82. The van der Waals surface area contributed by atoms with Crippen LogP contribution in [0, 0.1) is 0 Å². The molecule has 1 aliphatic heterocycles. The molecule has 2 aromatic carbocycles. The summed E-state index contributed by atoms with van der Waals surface area (Å²) in [7, 11) is 0. The largest absolute Gasteiger partial charge is 0.490 e. The van der Waals surface area contributed by atoms with Crippen molar-refractivity contribution >= 4 is 35.6 Å². The molecule has 0 unspecified atom stereocenters. The van der Waals surface area contributed by atoms with Gasteiger partial charge in [-0.05, 0) is 36.1 Å². The molecule has 0 spiro atoms. The molecule has 2 aromatic rings. The zero-order valence-corrected chi connectivity index (χ0v) is 15.6. The second kappa shape index (κ2) is 9.09. The Morgan fingerprint density at radius 1 is 1.24 bits per heavy atom. The molecule has 1 amide bonds. The zero-order chi connectivity index (χ0) is 16.9. The number of carbonyl (C=O) groups excluding carboxylic acids is 1. The van der Waals surface area contributed by atoms with Gasteiger partial charge in [0.05, 0.1) is 23.4 Å². The minimum Gasteiger partial charge on any atom is -0.490 e. The van der Waals surface area contributed by atoms with E-state index in [2.05, 4.69) is 22.8 Å². The molecule has 0 fully saturated rings. The van der Waals surface area contributed by atoms with Crippen LogP contribution in [0.2, 0.25) is 5.02 Å². The number of carbonyl (C=O) groups is 1. The fraction of sp³-hybridized carbons (Fsp3) is 0.316. The van der Waals surface area contributed by atoms with Gasteiger partial charge in [-0.1, -0.05) is 48.9 Å². The van der Waals surface area contributed by atoms with Gasteiger partial charge < -0.3 is 15.4 Å². The van der Waals surface area contributed by atoms with Crippen LogP contribution in [0.5, 0.6) is 5.75 Å². The van der Waals surface area contributed by atoms with E-state index in [-0.39, 0.29) is 24.4 Å². The van der Waals surface area contributed by atoms with Crippen molar-refractivity contribution in [3.8, 4) is 5.75 Å². The maximum atomic E-state index is 12.6. The molecule has 0 aliphatic carbocycles. The predicted octanol–water partition coefficient (Wildman–Crippen LogP) is 4.20. The average Bonchev–Trinajstić information content (AvgIpc) is 2.61. The number of rotatable bonds is 5. The number of fused-ring (bicyclic) bond motifs is 1. The summed E-state index contributed by atoms with van der Waals surface area (Å²) in [6.45, 7) is 3.28. The first-order valence-electron chi connectivity index (χ1n) is 8.21. The second-order valence-electron chi connectivity index (χ2n) is 5.86. The number of amides is 1. The van der Waals surface area contributed by atoms with Crippen molar-refractivity contribution < 1.29 is 9.53 Å². The van der Waals surface area contributed by atoms with E-state index in [4.69, 9.17) is 16.3 Å². The monoisotopic (exact) mass is 380 g/mol. The van der Waals surface area contributed by atoms with Crippen LogP contribution in [-0.4, -0.2) is 18.6 Å². The highest BCUT2D eigenvalue weighted by Gasteiger charge is 2.24. The van der Waals surface area contributed by atoms with E-state index in [1.54, 1.807) is 12.1 Å². The molecule has 4 nitrogen and oxygen atoms in total. The number of nitrogens with one attached hydrogen (secondary N) is 2. The van der Waals surface area contributed by atoms with E-state index >= 15 is 0 Å². The summed E-state index contributed by atoms with van der Waals surface area (Å²) in [5.41, 5.74) is 3.07. The molecule has 0 aromatic heterocycles. The molecule has 1 aliphatic rings. The van der Waals surface area contributed by atoms with Crippen molar-refractivity contribution in [1.82, 2.24) is 5.32 Å². The Bertz CT molecular complexity index is 737. The van der Waals surface area contributed by atoms with Gasteiger partial charge in [-0.25, -0.2) is 0 Å². The number of halogens is 2. The first-order valence-corrected chi connectivity index (χ1v) is 8.59. The van der Waals surface area contributed by atoms with Gasteiger partial charge in [0.2, 0.25) is 5.91 Å². The summed E-state index contributed by atoms with van der Waals surface area (Å²) < 4.78 is 5.69. The van der Waals surface area contributed by atoms with Crippen LogP contribution >= 0.6 is 24.0 Å². The van der Waals surface area contributed by atoms with Gasteiger partial charge >= 0.3 is 0 Å². The molecule has 0 saturated heterocycles. The molecule has 3 rings (SSSR count). The average molecular weight is 381 g/mol. The second-order valence-corrected chi connectivity index (χ2v) is 6.27. The Hall–Kier alpha value is -1.75. The van der Waals surface area contributed by atoms with Gasteiger partial charge in [-0.15, -0.1) is 12.4 Å².